The van der Waals surface area contributed by atoms with Crippen LogP contribution in [0.5, 0.6) is 0 Å². The molecule has 26 heavy (non-hydrogen) atoms. The van der Waals surface area contributed by atoms with E-state index in [1.165, 1.54) is 0 Å². The Morgan fingerprint density at radius 3 is 2.92 bits per heavy atom. The highest BCUT2D eigenvalue weighted by atomic mass is 32.1. The molecule has 0 spiro atoms. The van der Waals surface area contributed by atoms with E-state index in [0.717, 1.165) is 56.8 Å². The van der Waals surface area contributed by atoms with Crippen molar-refractivity contribution in [3.63, 3.8) is 0 Å². The SMILES string of the molecule is O=C(Cn1nnc2ccccc21)NNC(=S)NCCC[NH+]1CCOCC1. The number of carbonyl (C=O) groups excluding carboxylic acids is 1. The molecular formula is C16H24N7O2S+. The molecule has 1 fully saturated rings. The molecule has 0 aliphatic carbocycles. The molecule has 0 bridgehead atoms. The Kier molecular flexibility index (Phi) is 6.69. The van der Waals surface area contributed by atoms with Gasteiger partial charge in [-0.1, -0.05) is 17.3 Å². The molecule has 3 rings (SSSR count). The van der Waals surface area contributed by atoms with E-state index in [2.05, 4.69) is 26.5 Å². The highest BCUT2D eigenvalue weighted by Crippen LogP contribution is 2.08. The molecule has 1 aromatic carbocycles. The van der Waals surface area contributed by atoms with Crippen molar-refractivity contribution in [2.45, 2.75) is 13.0 Å². The van der Waals surface area contributed by atoms with Gasteiger partial charge < -0.3 is 15.0 Å². The van der Waals surface area contributed by atoms with Crippen molar-refractivity contribution in [3.05, 3.63) is 24.3 Å². The standard InChI is InChI=1S/C16H23N7O2S/c24-15(12-23-14-5-2-1-4-13(14)18-21-23)19-20-16(26)17-6-3-7-22-8-10-25-11-9-22/h1-2,4-5H,3,6-12H2,(H,19,24)(H2,17,20,26)/p+1. The van der Waals surface area contributed by atoms with Gasteiger partial charge in [0, 0.05) is 13.0 Å². The van der Waals surface area contributed by atoms with Crippen LogP contribution >= 0.6 is 12.2 Å². The van der Waals surface area contributed by atoms with Gasteiger partial charge in [0.05, 0.1) is 25.3 Å². The van der Waals surface area contributed by atoms with Gasteiger partial charge >= 0.3 is 0 Å². The van der Waals surface area contributed by atoms with E-state index < -0.39 is 0 Å². The highest BCUT2D eigenvalue weighted by molar-refractivity contribution is 7.80. The normalized spacial score (nSPS) is 14.9. The first-order chi connectivity index (χ1) is 12.7. The Balaban J connectivity index is 1.31. The third kappa shape index (κ3) is 5.35. The van der Waals surface area contributed by atoms with Crippen LogP contribution in [0.25, 0.3) is 11.0 Å². The smallest absolute Gasteiger partial charge is 0.260 e. The Morgan fingerprint density at radius 1 is 1.27 bits per heavy atom. The Labute approximate surface area is 157 Å². The molecule has 1 amide bonds. The molecule has 2 aromatic rings. The van der Waals surface area contributed by atoms with E-state index >= 15 is 0 Å². The van der Waals surface area contributed by atoms with Crippen molar-refractivity contribution < 1.29 is 14.4 Å². The van der Waals surface area contributed by atoms with E-state index in [4.69, 9.17) is 17.0 Å². The summed E-state index contributed by atoms with van der Waals surface area (Å²) in [6.45, 7) is 5.73. The number of carbonyl (C=O) groups is 1. The Bertz CT molecular complexity index is 745. The number of amides is 1. The second-order valence-electron chi connectivity index (χ2n) is 6.13. The third-order valence-electron chi connectivity index (χ3n) is 4.22. The number of nitrogens with zero attached hydrogens (tertiary/aromatic N) is 3. The van der Waals surface area contributed by atoms with Gasteiger partial charge in [0.1, 0.15) is 25.2 Å². The second kappa shape index (κ2) is 9.41. The summed E-state index contributed by atoms with van der Waals surface area (Å²) >= 11 is 5.17. The molecule has 2 heterocycles. The lowest BCUT2D eigenvalue weighted by molar-refractivity contribution is -0.908. The summed E-state index contributed by atoms with van der Waals surface area (Å²) in [6.07, 6.45) is 1.01. The minimum atomic E-state index is -0.248. The number of thiocarbonyl (C=S) groups is 1. The van der Waals surface area contributed by atoms with Gasteiger partial charge in [-0.05, 0) is 24.4 Å². The quantitative estimate of drug-likeness (QED) is 0.268. The van der Waals surface area contributed by atoms with Crippen molar-refractivity contribution in [2.75, 3.05) is 39.4 Å². The molecule has 140 valence electrons. The number of benzene rings is 1. The maximum atomic E-state index is 12.0. The van der Waals surface area contributed by atoms with Crippen LogP contribution in [0.15, 0.2) is 24.3 Å². The highest BCUT2D eigenvalue weighted by Gasteiger charge is 2.13. The van der Waals surface area contributed by atoms with Crippen LogP contribution in [0, 0.1) is 0 Å². The minimum absolute atomic E-state index is 0.0660. The summed E-state index contributed by atoms with van der Waals surface area (Å²) in [5.74, 6) is -0.248. The van der Waals surface area contributed by atoms with Gasteiger partial charge in [-0.3, -0.25) is 15.6 Å². The average Bonchev–Trinajstić information content (AvgIpc) is 3.07. The number of fused-ring (bicyclic) bond motifs is 1. The van der Waals surface area contributed by atoms with E-state index in [1.54, 1.807) is 9.58 Å². The number of rotatable bonds is 6. The predicted octanol–water partition coefficient (Wildman–Crippen LogP) is -1.77. The van der Waals surface area contributed by atoms with Crippen molar-refractivity contribution in [1.29, 1.82) is 0 Å². The first kappa shape index (κ1) is 18.5. The van der Waals surface area contributed by atoms with Gasteiger partial charge in [-0.2, -0.15) is 0 Å². The molecule has 0 atom stereocenters. The summed E-state index contributed by atoms with van der Waals surface area (Å²) in [5.41, 5.74) is 6.86. The number of para-hydroxylation sites is 1. The number of nitrogens with one attached hydrogen (secondary N) is 4. The lowest BCUT2D eigenvalue weighted by Crippen LogP contribution is -3.14. The monoisotopic (exact) mass is 378 g/mol. The van der Waals surface area contributed by atoms with E-state index in [9.17, 15) is 4.79 Å². The molecular weight excluding hydrogens is 354 g/mol. The van der Waals surface area contributed by atoms with E-state index in [0.29, 0.717) is 5.11 Å². The van der Waals surface area contributed by atoms with Crippen LogP contribution in [-0.4, -0.2) is 65.4 Å². The number of aromatic nitrogens is 3. The van der Waals surface area contributed by atoms with Crippen molar-refractivity contribution in [3.8, 4) is 0 Å². The number of hydrazine groups is 1. The topological polar surface area (TPSA) is 97.5 Å². The average molecular weight is 378 g/mol. The molecule has 1 aliphatic heterocycles. The molecule has 0 radical (unpaired) electrons. The molecule has 1 aromatic heterocycles. The van der Waals surface area contributed by atoms with Gasteiger partial charge in [0.2, 0.25) is 0 Å². The molecule has 4 N–H and O–H groups in total. The van der Waals surface area contributed by atoms with Gasteiger partial charge in [0.25, 0.3) is 5.91 Å². The third-order valence-corrected chi connectivity index (χ3v) is 4.47. The fourth-order valence-electron chi connectivity index (χ4n) is 2.83. The van der Waals surface area contributed by atoms with Crippen LogP contribution in [-0.2, 0) is 16.1 Å². The summed E-state index contributed by atoms with van der Waals surface area (Å²) < 4.78 is 6.89. The molecule has 1 aliphatic rings. The number of hydrogen-bond donors (Lipinski definition) is 4. The van der Waals surface area contributed by atoms with Crippen LogP contribution < -0.4 is 21.1 Å². The van der Waals surface area contributed by atoms with Crippen LogP contribution in [0.3, 0.4) is 0 Å². The lowest BCUT2D eigenvalue weighted by atomic mass is 10.3. The first-order valence-electron chi connectivity index (χ1n) is 8.74. The van der Waals surface area contributed by atoms with Crippen LogP contribution in [0.2, 0.25) is 0 Å². The molecule has 1 saturated heterocycles. The Hall–Kier alpha value is -2.30. The zero-order chi connectivity index (χ0) is 18.2. The zero-order valence-corrected chi connectivity index (χ0v) is 15.3. The van der Waals surface area contributed by atoms with E-state index in [-0.39, 0.29) is 12.5 Å². The van der Waals surface area contributed by atoms with Crippen molar-refractivity contribution in [1.82, 2.24) is 31.2 Å². The van der Waals surface area contributed by atoms with Crippen LogP contribution in [0.4, 0.5) is 0 Å². The summed E-state index contributed by atoms with van der Waals surface area (Å²) in [4.78, 5) is 13.6. The van der Waals surface area contributed by atoms with Gasteiger partial charge in [0.15, 0.2) is 5.11 Å². The predicted molar refractivity (Wildman–Crippen MR) is 100 cm³/mol. The minimum Gasteiger partial charge on any atom is -0.370 e. The maximum absolute atomic E-state index is 12.0. The van der Waals surface area contributed by atoms with Crippen LogP contribution in [0.1, 0.15) is 6.42 Å². The lowest BCUT2D eigenvalue weighted by Gasteiger charge is -2.23. The second-order valence-corrected chi connectivity index (χ2v) is 6.54. The molecule has 10 heteroatoms. The van der Waals surface area contributed by atoms with Gasteiger partial charge in [-0.25, -0.2) is 4.68 Å². The Morgan fingerprint density at radius 2 is 2.08 bits per heavy atom. The first-order valence-corrected chi connectivity index (χ1v) is 9.15. The van der Waals surface area contributed by atoms with E-state index in [1.807, 2.05) is 24.3 Å². The van der Waals surface area contributed by atoms with Crippen molar-refractivity contribution >= 4 is 34.3 Å². The van der Waals surface area contributed by atoms with Crippen molar-refractivity contribution in [2.24, 2.45) is 0 Å². The summed E-state index contributed by atoms with van der Waals surface area (Å²) in [5, 5.41) is 11.5. The largest absolute Gasteiger partial charge is 0.370 e. The fraction of sp³-hybridized carbons (Fsp3) is 0.500. The maximum Gasteiger partial charge on any atom is 0.260 e. The number of quaternary nitrogens is 1. The number of ether oxygens (including phenoxy) is 1. The molecule has 0 unspecified atom stereocenters. The number of morpholine rings is 1. The molecule has 9 nitrogen and oxygen atoms in total. The summed E-state index contributed by atoms with van der Waals surface area (Å²) in [6, 6.07) is 7.50. The van der Waals surface area contributed by atoms with Gasteiger partial charge in [-0.15, -0.1) is 5.10 Å². The fourth-order valence-corrected chi connectivity index (χ4v) is 2.98. The molecule has 0 saturated carbocycles. The zero-order valence-electron chi connectivity index (χ0n) is 14.5. The summed E-state index contributed by atoms with van der Waals surface area (Å²) in [7, 11) is 0. The number of hydrogen-bond acceptors (Lipinski definition) is 5.